The summed E-state index contributed by atoms with van der Waals surface area (Å²) in [6.07, 6.45) is 8.53. The van der Waals surface area contributed by atoms with Crippen LogP contribution in [0.1, 0.15) is 73.5 Å². The topological polar surface area (TPSA) is 68.1 Å². The molecule has 2 fully saturated rings. The molecule has 4 rings (SSSR count). The number of rotatable bonds is 5. The molecule has 0 unspecified atom stereocenters. The SMILES string of the molecule is Cc1ccc([C@H]2C[C@@H]2COc2nc(C)ncc2[C@H]2CC[C@](C)(O)CC2)nc1. The van der Waals surface area contributed by atoms with Crippen molar-refractivity contribution in [1.29, 1.82) is 0 Å². The van der Waals surface area contributed by atoms with Gasteiger partial charge in [-0.2, -0.15) is 4.98 Å². The molecule has 1 N–H and O–H groups in total. The minimum absolute atomic E-state index is 0.370. The summed E-state index contributed by atoms with van der Waals surface area (Å²) in [5.74, 6) is 2.85. The molecule has 0 spiro atoms. The quantitative estimate of drug-likeness (QED) is 0.862. The number of pyridine rings is 1. The highest BCUT2D eigenvalue weighted by atomic mass is 16.5. The number of hydrogen-bond acceptors (Lipinski definition) is 5. The molecule has 2 aromatic rings. The molecule has 5 heteroatoms. The summed E-state index contributed by atoms with van der Waals surface area (Å²) in [6, 6.07) is 4.26. The monoisotopic (exact) mass is 367 g/mol. The Morgan fingerprint density at radius 3 is 2.63 bits per heavy atom. The first-order valence-corrected chi connectivity index (χ1v) is 10.0. The highest BCUT2D eigenvalue weighted by Gasteiger charge is 2.40. The average molecular weight is 367 g/mol. The fraction of sp³-hybridized carbons (Fsp3) is 0.591. The third-order valence-electron chi connectivity index (χ3n) is 6.07. The van der Waals surface area contributed by atoms with Crippen LogP contribution in [-0.2, 0) is 0 Å². The van der Waals surface area contributed by atoms with Gasteiger partial charge in [0.1, 0.15) is 5.82 Å². The predicted octanol–water partition coefficient (Wildman–Crippen LogP) is 4.08. The number of aliphatic hydroxyl groups is 1. The normalized spacial score (nSPS) is 30.1. The summed E-state index contributed by atoms with van der Waals surface area (Å²) in [7, 11) is 0. The summed E-state index contributed by atoms with van der Waals surface area (Å²) in [4.78, 5) is 13.5. The fourth-order valence-corrected chi connectivity index (χ4v) is 4.08. The van der Waals surface area contributed by atoms with Gasteiger partial charge in [-0.15, -0.1) is 0 Å². The lowest BCUT2D eigenvalue weighted by atomic mass is 9.77. The molecule has 5 nitrogen and oxygen atoms in total. The molecule has 2 aliphatic carbocycles. The van der Waals surface area contributed by atoms with Crippen molar-refractivity contribution >= 4 is 0 Å². The van der Waals surface area contributed by atoms with Gasteiger partial charge < -0.3 is 9.84 Å². The van der Waals surface area contributed by atoms with Gasteiger partial charge in [-0.25, -0.2) is 4.98 Å². The van der Waals surface area contributed by atoms with Gasteiger partial charge in [0.2, 0.25) is 5.88 Å². The fourth-order valence-electron chi connectivity index (χ4n) is 4.08. The molecule has 0 saturated heterocycles. The van der Waals surface area contributed by atoms with Gasteiger partial charge in [0.25, 0.3) is 0 Å². The molecular weight excluding hydrogens is 338 g/mol. The molecule has 2 aliphatic rings. The van der Waals surface area contributed by atoms with E-state index in [1.807, 2.05) is 26.2 Å². The summed E-state index contributed by atoms with van der Waals surface area (Å²) in [6.45, 7) is 6.57. The zero-order valence-corrected chi connectivity index (χ0v) is 16.5. The molecule has 27 heavy (non-hydrogen) atoms. The Hall–Kier alpha value is -2.01. The zero-order chi connectivity index (χ0) is 19.0. The van der Waals surface area contributed by atoms with Crippen LogP contribution in [0.4, 0.5) is 0 Å². The van der Waals surface area contributed by atoms with Crippen LogP contribution in [0, 0.1) is 19.8 Å². The minimum Gasteiger partial charge on any atom is -0.477 e. The third-order valence-corrected chi connectivity index (χ3v) is 6.07. The van der Waals surface area contributed by atoms with E-state index >= 15 is 0 Å². The van der Waals surface area contributed by atoms with Crippen molar-refractivity contribution < 1.29 is 9.84 Å². The van der Waals surface area contributed by atoms with Crippen molar-refractivity contribution in [2.24, 2.45) is 5.92 Å². The van der Waals surface area contributed by atoms with E-state index in [9.17, 15) is 5.11 Å². The lowest BCUT2D eigenvalue weighted by molar-refractivity contribution is 0.0168. The standard InChI is InChI=1S/C22H29N3O2/c1-14-4-5-20(24-11-14)18-10-17(18)13-27-21-19(12-23-15(2)25-21)16-6-8-22(3,26)9-7-16/h4-5,11-12,16-18,26H,6-10,13H2,1-3H3/t16-,17-,18+,22-/m1/s1. The maximum Gasteiger partial charge on any atom is 0.220 e. The Labute approximate surface area is 161 Å². The lowest BCUT2D eigenvalue weighted by Crippen LogP contribution is -2.29. The maximum atomic E-state index is 10.2. The van der Waals surface area contributed by atoms with Gasteiger partial charge in [-0.3, -0.25) is 4.98 Å². The third kappa shape index (κ3) is 4.29. The molecule has 2 atom stereocenters. The molecule has 0 bridgehead atoms. The Bertz CT molecular complexity index is 794. The van der Waals surface area contributed by atoms with Crippen LogP contribution < -0.4 is 4.74 Å². The van der Waals surface area contributed by atoms with Crippen LogP contribution in [0.5, 0.6) is 5.88 Å². The van der Waals surface area contributed by atoms with Crippen LogP contribution in [0.3, 0.4) is 0 Å². The number of hydrogen-bond donors (Lipinski definition) is 1. The van der Waals surface area contributed by atoms with Gasteiger partial charge in [0, 0.05) is 35.5 Å². The van der Waals surface area contributed by atoms with E-state index in [0.29, 0.717) is 24.4 Å². The van der Waals surface area contributed by atoms with Crippen LogP contribution >= 0.6 is 0 Å². The predicted molar refractivity (Wildman–Crippen MR) is 104 cm³/mol. The maximum absolute atomic E-state index is 10.2. The molecule has 2 heterocycles. The smallest absolute Gasteiger partial charge is 0.220 e. The summed E-state index contributed by atoms with van der Waals surface area (Å²) in [5.41, 5.74) is 2.93. The Morgan fingerprint density at radius 1 is 1.15 bits per heavy atom. The van der Waals surface area contributed by atoms with E-state index in [4.69, 9.17) is 4.74 Å². The summed E-state index contributed by atoms with van der Waals surface area (Å²) in [5, 5.41) is 10.2. The van der Waals surface area contributed by atoms with E-state index in [2.05, 4.69) is 34.0 Å². The number of aromatic nitrogens is 3. The minimum atomic E-state index is -0.536. The van der Waals surface area contributed by atoms with Crippen LogP contribution in [0.15, 0.2) is 24.5 Å². The van der Waals surface area contributed by atoms with Crippen molar-refractivity contribution in [2.45, 2.75) is 70.3 Å². The number of nitrogens with zero attached hydrogens (tertiary/aromatic N) is 3. The largest absolute Gasteiger partial charge is 0.477 e. The highest BCUT2D eigenvalue weighted by Crippen LogP contribution is 2.47. The molecule has 2 aromatic heterocycles. The van der Waals surface area contributed by atoms with Crippen molar-refractivity contribution in [1.82, 2.24) is 15.0 Å². The number of ether oxygens (including phenoxy) is 1. The van der Waals surface area contributed by atoms with Crippen LogP contribution in [0.25, 0.3) is 0 Å². The second-order valence-corrected chi connectivity index (χ2v) is 8.62. The molecule has 0 aliphatic heterocycles. The lowest BCUT2D eigenvalue weighted by Gasteiger charge is -2.33. The van der Waals surface area contributed by atoms with Gasteiger partial charge in [-0.05, 0) is 70.4 Å². The first kappa shape index (κ1) is 18.4. The molecular formula is C22H29N3O2. The second kappa shape index (κ2) is 7.19. The highest BCUT2D eigenvalue weighted by molar-refractivity contribution is 5.29. The van der Waals surface area contributed by atoms with E-state index in [-0.39, 0.29) is 0 Å². The van der Waals surface area contributed by atoms with Gasteiger partial charge >= 0.3 is 0 Å². The van der Waals surface area contributed by atoms with Gasteiger partial charge in [-0.1, -0.05) is 6.07 Å². The zero-order valence-electron chi connectivity index (χ0n) is 16.5. The molecule has 0 amide bonds. The van der Waals surface area contributed by atoms with Gasteiger partial charge in [0.15, 0.2) is 0 Å². The van der Waals surface area contributed by atoms with Crippen LogP contribution in [-0.4, -0.2) is 32.3 Å². The van der Waals surface area contributed by atoms with E-state index < -0.39 is 5.60 Å². The Morgan fingerprint density at radius 2 is 1.93 bits per heavy atom. The average Bonchev–Trinajstić information content (AvgIpc) is 3.41. The van der Waals surface area contributed by atoms with Crippen LogP contribution in [0.2, 0.25) is 0 Å². The molecule has 144 valence electrons. The van der Waals surface area contributed by atoms with Crippen molar-refractivity contribution in [3.63, 3.8) is 0 Å². The van der Waals surface area contributed by atoms with Gasteiger partial charge in [0.05, 0.1) is 12.2 Å². The van der Waals surface area contributed by atoms with Crippen molar-refractivity contribution in [2.75, 3.05) is 6.61 Å². The molecule has 0 aromatic carbocycles. The number of aryl methyl sites for hydroxylation is 2. The Balaban J connectivity index is 1.40. The molecule has 0 radical (unpaired) electrons. The summed E-state index contributed by atoms with van der Waals surface area (Å²) < 4.78 is 6.18. The van der Waals surface area contributed by atoms with E-state index in [1.54, 1.807) is 0 Å². The summed E-state index contributed by atoms with van der Waals surface area (Å²) >= 11 is 0. The van der Waals surface area contributed by atoms with Crippen molar-refractivity contribution in [3.05, 3.63) is 47.2 Å². The van der Waals surface area contributed by atoms with E-state index in [1.165, 1.54) is 11.3 Å². The van der Waals surface area contributed by atoms with Crippen molar-refractivity contribution in [3.8, 4) is 5.88 Å². The first-order valence-electron chi connectivity index (χ1n) is 10.0. The first-order chi connectivity index (χ1) is 12.9. The second-order valence-electron chi connectivity index (χ2n) is 8.62. The Kier molecular flexibility index (Phi) is 4.89. The van der Waals surface area contributed by atoms with E-state index in [0.717, 1.165) is 49.4 Å². The molecule has 2 saturated carbocycles.